The van der Waals surface area contributed by atoms with Crippen molar-refractivity contribution in [3.63, 3.8) is 0 Å². The number of hydrogen-bond acceptors (Lipinski definition) is 5. The minimum atomic E-state index is -1.09. The van der Waals surface area contributed by atoms with Gasteiger partial charge in [-0.05, 0) is 68.8 Å². The summed E-state index contributed by atoms with van der Waals surface area (Å²) in [5, 5.41) is 44.4. The Hall–Kier alpha value is -5.17. The summed E-state index contributed by atoms with van der Waals surface area (Å²) in [6, 6.07) is 28.4. The Kier molecular flexibility index (Phi) is 5.80. The van der Waals surface area contributed by atoms with Crippen molar-refractivity contribution in [2.75, 3.05) is 0 Å². The fourth-order valence-electron chi connectivity index (χ4n) is 5.27. The lowest BCUT2D eigenvalue weighted by Gasteiger charge is -2.19. The van der Waals surface area contributed by atoms with Gasteiger partial charge in [0, 0.05) is 5.56 Å². The summed E-state index contributed by atoms with van der Waals surface area (Å²) >= 11 is 0. The molecule has 170 valence electrons. The van der Waals surface area contributed by atoms with Crippen LogP contribution in [-0.2, 0) is 6.42 Å². The molecule has 1 aliphatic rings. The van der Waals surface area contributed by atoms with E-state index in [1.165, 1.54) is 5.56 Å². The summed E-state index contributed by atoms with van der Waals surface area (Å²) in [5.41, 5.74) is 3.71. The van der Waals surface area contributed by atoms with Crippen molar-refractivity contribution in [1.82, 2.24) is 5.32 Å². The van der Waals surface area contributed by atoms with Crippen LogP contribution in [0.2, 0.25) is 0 Å². The Morgan fingerprint density at radius 1 is 0.750 bits per heavy atom. The number of amides is 1. The molecule has 1 N–H and O–H groups in total. The highest BCUT2D eigenvalue weighted by atomic mass is 16.1. The lowest BCUT2D eigenvalue weighted by Crippen LogP contribution is -2.27. The first-order chi connectivity index (χ1) is 17.6. The first-order valence-electron chi connectivity index (χ1n) is 11.6. The lowest BCUT2D eigenvalue weighted by molar-refractivity contribution is 0.0937. The second-order valence-corrected chi connectivity index (χ2v) is 8.78. The third-order valence-electron chi connectivity index (χ3n) is 6.90. The number of nitrogens with zero attached hydrogens (tertiary/aromatic N) is 4. The molecule has 6 heteroatoms. The van der Waals surface area contributed by atoms with Crippen molar-refractivity contribution in [1.29, 1.82) is 21.0 Å². The van der Waals surface area contributed by atoms with Crippen LogP contribution in [0.3, 0.4) is 0 Å². The number of nitrogens with one attached hydrogen (secondary N) is 1. The third kappa shape index (κ3) is 3.59. The monoisotopic (exact) mass is 465 g/mol. The topological polar surface area (TPSA) is 124 Å². The first kappa shape index (κ1) is 22.6. The standard InChI is InChI=1S/C30H19N5O/c31-14-20(15-32)28-23-7-3-4-8-24(23)29(21(16-33)17-34)26-13-19(9-11-25(26)28)30(36)35-27-12-10-18-5-1-2-6-22(18)27/h1-9,11,13,20-21,27H,10,12H2,(H,35,36)/t27-/m1/s1. The van der Waals surface area contributed by atoms with Gasteiger partial charge in [0.15, 0.2) is 11.8 Å². The van der Waals surface area contributed by atoms with E-state index in [2.05, 4.69) is 35.7 Å². The molecule has 36 heavy (non-hydrogen) atoms. The highest BCUT2D eigenvalue weighted by Crippen LogP contribution is 2.40. The molecule has 1 amide bonds. The molecular formula is C30H19N5O. The van der Waals surface area contributed by atoms with Gasteiger partial charge in [0.1, 0.15) is 0 Å². The van der Waals surface area contributed by atoms with E-state index >= 15 is 0 Å². The second kappa shape index (κ2) is 9.23. The summed E-state index contributed by atoms with van der Waals surface area (Å²) in [5.74, 6) is -2.40. The van der Waals surface area contributed by atoms with Crippen LogP contribution in [0.1, 0.15) is 56.9 Å². The van der Waals surface area contributed by atoms with Crippen molar-refractivity contribution in [2.24, 2.45) is 0 Å². The van der Waals surface area contributed by atoms with Crippen molar-refractivity contribution < 1.29 is 4.79 Å². The Balaban J connectivity index is 1.71. The molecule has 0 fully saturated rings. The van der Waals surface area contributed by atoms with E-state index in [0.29, 0.717) is 38.2 Å². The molecule has 6 nitrogen and oxygen atoms in total. The van der Waals surface area contributed by atoms with Crippen LogP contribution in [0.15, 0.2) is 66.7 Å². The highest BCUT2D eigenvalue weighted by molar-refractivity contribution is 6.10. The summed E-state index contributed by atoms with van der Waals surface area (Å²) in [6.07, 6.45) is 1.71. The SMILES string of the molecule is N#CC(C#N)c1c2ccccc2c(C(C#N)C#N)c2cc(C(=O)N[C@@H]3CCc4ccccc43)ccc12. The van der Waals surface area contributed by atoms with Crippen LogP contribution in [-0.4, -0.2) is 5.91 Å². The van der Waals surface area contributed by atoms with Gasteiger partial charge in [-0.15, -0.1) is 0 Å². The van der Waals surface area contributed by atoms with Crippen molar-refractivity contribution in [3.8, 4) is 24.3 Å². The highest BCUT2D eigenvalue weighted by Gasteiger charge is 2.27. The van der Waals surface area contributed by atoms with Gasteiger partial charge in [-0.1, -0.05) is 54.6 Å². The van der Waals surface area contributed by atoms with E-state index in [-0.39, 0.29) is 11.9 Å². The van der Waals surface area contributed by atoms with Crippen LogP contribution in [0.25, 0.3) is 21.5 Å². The van der Waals surface area contributed by atoms with Crippen LogP contribution in [0.5, 0.6) is 0 Å². The van der Waals surface area contributed by atoms with Gasteiger partial charge in [0.2, 0.25) is 0 Å². The zero-order valence-corrected chi connectivity index (χ0v) is 19.2. The number of benzene rings is 4. The molecule has 0 saturated heterocycles. The quantitative estimate of drug-likeness (QED) is 0.389. The van der Waals surface area contributed by atoms with Gasteiger partial charge in [-0.3, -0.25) is 4.79 Å². The number of rotatable bonds is 4. The fraction of sp³-hybridized carbons (Fsp3) is 0.167. The van der Waals surface area contributed by atoms with Gasteiger partial charge < -0.3 is 5.32 Å². The Morgan fingerprint density at radius 3 is 1.94 bits per heavy atom. The third-order valence-corrected chi connectivity index (χ3v) is 6.90. The molecule has 1 atom stereocenters. The van der Waals surface area contributed by atoms with Gasteiger partial charge in [0.25, 0.3) is 5.91 Å². The van der Waals surface area contributed by atoms with Crippen molar-refractivity contribution >= 4 is 27.5 Å². The van der Waals surface area contributed by atoms with E-state index in [1.807, 2.05) is 18.2 Å². The zero-order chi connectivity index (χ0) is 25.2. The molecule has 0 spiro atoms. The number of nitriles is 4. The molecule has 1 aliphatic carbocycles. The maximum absolute atomic E-state index is 13.3. The predicted molar refractivity (Wildman–Crippen MR) is 134 cm³/mol. The van der Waals surface area contributed by atoms with Gasteiger partial charge in [-0.2, -0.15) is 21.0 Å². The molecule has 0 saturated carbocycles. The molecule has 4 aromatic carbocycles. The van der Waals surface area contributed by atoms with Gasteiger partial charge in [-0.25, -0.2) is 0 Å². The van der Waals surface area contributed by atoms with E-state index in [0.717, 1.165) is 18.4 Å². The Morgan fingerprint density at radius 2 is 1.31 bits per heavy atom. The Bertz CT molecular complexity index is 1680. The van der Waals surface area contributed by atoms with Gasteiger partial charge >= 0.3 is 0 Å². The fourth-order valence-corrected chi connectivity index (χ4v) is 5.27. The molecular weight excluding hydrogens is 446 g/mol. The van der Waals surface area contributed by atoms with Crippen LogP contribution in [0, 0.1) is 45.3 Å². The molecule has 0 radical (unpaired) electrons. The van der Waals surface area contributed by atoms with E-state index in [1.54, 1.807) is 42.5 Å². The summed E-state index contributed by atoms with van der Waals surface area (Å²) in [6.45, 7) is 0. The number of carbonyl (C=O) groups excluding carboxylic acids is 1. The average molecular weight is 466 g/mol. The van der Waals surface area contributed by atoms with E-state index < -0.39 is 11.8 Å². The first-order valence-corrected chi connectivity index (χ1v) is 11.6. The molecule has 0 aliphatic heterocycles. The zero-order valence-electron chi connectivity index (χ0n) is 19.2. The normalized spacial score (nSPS) is 14.1. The van der Waals surface area contributed by atoms with Crippen LogP contribution < -0.4 is 5.32 Å². The Labute approximate surface area is 208 Å². The summed E-state index contributed by atoms with van der Waals surface area (Å²) in [7, 11) is 0. The molecule has 0 unspecified atom stereocenters. The van der Waals surface area contributed by atoms with Crippen molar-refractivity contribution in [3.05, 3.63) is 94.5 Å². The number of aryl methyl sites for hydroxylation is 1. The molecule has 0 bridgehead atoms. The minimum absolute atomic E-state index is 0.0939. The molecule has 4 aromatic rings. The maximum atomic E-state index is 13.3. The average Bonchev–Trinajstić information content (AvgIpc) is 3.33. The number of fused-ring (bicyclic) bond motifs is 3. The smallest absolute Gasteiger partial charge is 0.251 e. The minimum Gasteiger partial charge on any atom is -0.345 e. The van der Waals surface area contributed by atoms with Crippen LogP contribution >= 0.6 is 0 Å². The van der Waals surface area contributed by atoms with Crippen molar-refractivity contribution in [2.45, 2.75) is 30.7 Å². The van der Waals surface area contributed by atoms with Gasteiger partial charge in [0.05, 0.1) is 30.3 Å². The molecule has 5 rings (SSSR count). The summed E-state index contributed by atoms with van der Waals surface area (Å²) < 4.78 is 0. The number of hydrogen-bond donors (Lipinski definition) is 1. The predicted octanol–water partition coefficient (Wildman–Crippen LogP) is 5.67. The summed E-state index contributed by atoms with van der Waals surface area (Å²) in [4.78, 5) is 13.3. The molecule has 0 aromatic heterocycles. The lowest BCUT2D eigenvalue weighted by atomic mass is 9.82. The van der Waals surface area contributed by atoms with E-state index in [4.69, 9.17) is 0 Å². The van der Waals surface area contributed by atoms with Crippen LogP contribution in [0.4, 0.5) is 0 Å². The molecule has 0 heterocycles. The number of carbonyl (C=O) groups is 1. The maximum Gasteiger partial charge on any atom is 0.251 e. The van der Waals surface area contributed by atoms with E-state index in [9.17, 15) is 25.8 Å². The second-order valence-electron chi connectivity index (χ2n) is 8.78. The largest absolute Gasteiger partial charge is 0.345 e.